The lowest BCUT2D eigenvalue weighted by Gasteiger charge is -2.21. The first-order chi connectivity index (χ1) is 15.6. The van der Waals surface area contributed by atoms with Crippen LogP contribution in [-0.2, 0) is 14.6 Å². The van der Waals surface area contributed by atoms with Crippen LogP contribution >= 0.6 is 11.6 Å². The molecule has 2 fully saturated rings. The van der Waals surface area contributed by atoms with E-state index in [1.807, 2.05) is 0 Å². The van der Waals surface area contributed by atoms with Crippen molar-refractivity contribution in [3.8, 4) is 11.8 Å². The van der Waals surface area contributed by atoms with Gasteiger partial charge in [-0.25, -0.2) is 17.2 Å². The lowest BCUT2D eigenvalue weighted by Crippen LogP contribution is -2.41. The van der Waals surface area contributed by atoms with E-state index in [1.54, 1.807) is 0 Å². The number of nitrogens with one attached hydrogen (secondary N) is 1. The van der Waals surface area contributed by atoms with Gasteiger partial charge in [-0.2, -0.15) is 5.26 Å². The molecule has 6 nitrogen and oxygen atoms in total. The Morgan fingerprint density at radius 1 is 1.15 bits per heavy atom. The van der Waals surface area contributed by atoms with Crippen LogP contribution in [0.15, 0.2) is 47.4 Å². The first-order valence-corrected chi connectivity index (χ1v) is 12.4. The molecule has 3 atom stereocenters. The van der Waals surface area contributed by atoms with Crippen molar-refractivity contribution in [2.75, 3.05) is 6.61 Å². The first-order valence-electron chi connectivity index (χ1n) is 10.4. The Hall–Kier alpha value is -2.70. The maximum atomic E-state index is 13.4. The summed E-state index contributed by atoms with van der Waals surface area (Å²) in [4.78, 5) is 12.8. The molecule has 0 heterocycles. The summed E-state index contributed by atoms with van der Waals surface area (Å²) in [5, 5.41) is 10.9. The van der Waals surface area contributed by atoms with Crippen LogP contribution in [0.3, 0.4) is 0 Å². The fraction of sp³-hybridized carbons (Fsp3) is 0.391. The van der Waals surface area contributed by atoms with Gasteiger partial charge < -0.3 is 10.1 Å². The Morgan fingerprint density at radius 2 is 1.82 bits per heavy atom. The number of amides is 1. The minimum Gasteiger partial charge on any atom is -0.493 e. The van der Waals surface area contributed by atoms with Gasteiger partial charge in [0.2, 0.25) is 5.91 Å². The lowest BCUT2D eigenvalue weighted by atomic mass is 9.95. The Labute approximate surface area is 195 Å². The van der Waals surface area contributed by atoms with Crippen LogP contribution in [0.25, 0.3) is 0 Å². The standard InChI is InChI=1S/C23H21ClF2N2O4S/c24-20-10-16(26)3-6-21(20)33(30,31)18-9-14(12-32-17-4-1-15(25)2-5-17)19(11-18)22(29)28-23(13-27)7-8-23/h1-6,10,14,18-19H,7-9,11-12H2,(H,28,29)/t14-,18-,19+/m0/s1. The highest BCUT2D eigenvalue weighted by Crippen LogP contribution is 2.42. The van der Waals surface area contributed by atoms with Crippen molar-refractivity contribution in [3.63, 3.8) is 0 Å². The third kappa shape index (κ3) is 4.97. The fourth-order valence-electron chi connectivity index (χ4n) is 4.17. The molecule has 4 rings (SSSR count). The van der Waals surface area contributed by atoms with Gasteiger partial charge in [0, 0.05) is 11.8 Å². The van der Waals surface area contributed by atoms with Gasteiger partial charge in [0.25, 0.3) is 0 Å². The zero-order chi connectivity index (χ0) is 23.8. The minimum absolute atomic E-state index is 0.0147. The number of hydrogen-bond acceptors (Lipinski definition) is 5. The Morgan fingerprint density at radius 3 is 2.42 bits per heavy atom. The van der Waals surface area contributed by atoms with Gasteiger partial charge in [0.1, 0.15) is 22.9 Å². The van der Waals surface area contributed by atoms with Crippen LogP contribution in [0.4, 0.5) is 8.78 Å². The highest BCUT2D eigenvalue weighted by molar-refractivity contribution is 7.92. The summed E-state index contributed by atoms with van der Waals surface area (Å²) in [5.74, 6) is -2.27. The van der Waals surface area contributed by atoms with Crippen LogP contribution in [-0.4, -0.2) is 31.7 Å². The number of rotatable bonds is 7. The Balaban J connectivity index is 1.56. The Kier molecular flexibility index (Phi) is 6.34. The monoisotopic (exact) mass is 494 g/mol. The largest absolute Gasteiger partial charge is 0.493 e. The topological polar surface area (TPSA) is 96.3 Å². The van der Waals surface area contributed by atoms with Crippen LogP contribution in [0.2, 0.25) is 5.02 Å². The number of carbonyl (C=O) groups excluding carboxylic acids is 1. The number of halogens is 3. The van der Waals surface area contributed by atoms with Crippen LogP contribution in [0, 0.1) is 34.8 Å². The summed E-state index contributed by atoms with van der Waals surface area (Å²) < 4.78 is 58.9. The maximum Gasteiger partial charge on any atom is 0.224 e. The number of hydrogen-bond donors (Lipinski definition) is 1. The molecule has 0 spiro atoms. The molecule has 2 saturated carbocycles. The van der Waals surface area contributed by atoms with E-state index in [1.165, 1.54) is 24.3 Å². The number of benzene rings is 2. The molecule has 174 valence electrons. The van der Waals surface area contributed by atoms with Crippen LogP contribution < -0.4 is 10.1 Å². The third-order valence-corrected chi connectivity index (χ3v) is 8.89. The van der Waals surface area contributed by atoms with E-state index in [0.29, 0.717) is 18.6 Å². The van der Waals surface area contributed by atoms with E-state index in [2.05, 4.69) is 11.4 Å². The number of nitrogens with zero attached hydrogens (tertiary/aromatic N) is 1. The quantitative estimate of drug-likeness (QED) is 0.586. The molecule has 0 aliphatic heterocycles. The van der Waals surface area contributed by atoms with Crippen molar-refractivity contribution in [2.24, 2.45) is 11.8 Å². The van der Waals surface area contributed by atoms with Crippen molar-refractivity contribution >= 4 is 27.3 Å². The van der Waals surface area contributed by atoms with E-state index >= 15 is 0 Å². The summed E-state index contributed by atoms with van der Waals surface area (Å²) in [6, 6.07) is 10.5. The van der Waals surface area contributed by atoms with Gasteiger partial charge in [-0.05, 0) is 68.1 Å². The highest BCUT2D eigenvalue weighted by atomic mass is 35.5. The van der Waals surface area contributed by atoms with Crippen molar-refractivity contribution in [1.29, 1.82) is 5.26 Å². The summed E-state index contributed by atoms with van der Waals surface area (Å²) in [6.45, 7) is 0.0342. The van der Waals surface area contributed by atoms with E-state index in [0.717, 1.165) is 18.2 Å². The molecular weight excluding hydrogens is 474 g/mol. The molecule has 0 saturated heterocycles. The van der Waals surface area contributed by atoms with Gasteiger partial charge in [-0.15, -0.1) is 0 Å². The summed E-state index contributed by atoms with van der Waals surface area (Å²) in [7, 11) is -3.96. The molecule has 0 unspecified atom stereocenters. The summed E-state index contributed by atoms with van der Waals surface area (Å²) in [6.07, 6.45) is 1.23. The molecule has 1 amide bonds. The van der Waals surface area contributed by atoms with Gasteiger partial charge >= 0.3 is 0 Å². The zero-order valence-electron chi connectivity index (χ0n) is 17.4. The van der Waals surface area contributed by atoms with Crippen molar-refractivity contribution in [1.82, 2.24) is 5.32 Å². The van der Waals surface area contributed by atoms with Gasteiger partial charge in [-0.1, -0.05) is 11.6 Å². The minimum atomic E-state index is -3.96. The molecule has 10 heteroatoms. The fourth-order valence-corrected chi connectivity index (χ4v) is 6.57. The average molecular weight is 495 g/mol. The van der Waals surface area contributed by atoms with E-state index in [9.17, 15) is 27.3 Å². The smallest absolute Gasteiger partial charge is 0.224 e. The van der Waals surface area contributed by atoms with Crippen LogP contribution in [0.5, 0.6) is 5.75 Å². The molecule has 0 radical (unpaired) electrons. The first kappa shape index (κ1) is 23.5. The van der Waals surface area contributed by atoms with Crippen LogP contribution in [0.1, 0.15) is 25.7 Å². The molecule has 2 aromatic rings. The lowest BCUT2D eigenvalue weighted by molar-refractivity contribution is -0.127. The zero-order valence-corrected chi connectivity index (χ0v) is 19.0. The second-order valence-corrected chi connectivity index (χ2v) is 11.1. The van der Waals surface area contributed by atoms with Crippen molar-refractivity contribution in [2.45, 2.75) is 41.4 Å². The molecule has 2 aliphatic carbocycles. The normalized spacial score (nSPS) is 23.5. The highest BCUT2D eigenvalue weighted by Gasteiger charge is 2.50. The molecule has 2 aromatic carbocycles. The van der Waals surface area contributed by atoms with Crippen molar-refractivity contribution in [3.05, 3.63) is 59.1 Å². The van der Waals surface area contributed by atoms with Crippen molar-refractivity contribution < 1.29 is 26.7 Å². The average Bonchev–Trinajstić information content (AvgIpc) is 3.40. The molecule has 0 bridgehead atoms. The van der Waals surface area contributed by atoms with Gasteiger partial charge in [-0.3, -0.25) is 4.79 Å². The van der Waals surface area contributed by atoms with Gasteiger partial charge in [0.15, 0.2) is 9.84 Å². The third-order valence-electron chi connectivity index (χ3n) is 6.23. The maximum absolute atomic E-state index is 13.4. The van der Waals surface area contributed by atoms with E-state index in [4.69, 9.17) is 16.3 Å². The SMILES string of the molecule is N#CC1(NC(=O)[C@@H]2C[C@@H](S(=O)(=O)c3ccc(F)cc3Cl)C[C@H]2COc2ccc(F)cc2)CC1. The predicted octanol–water partition coefficient (Wildman–Crippen LogP) is 4.04. The summed E-state index contributed by atoms with van der Waals surface area (Å²) >= 11 is 6.01. The molecule has 33 heavy (non-hydrogen) atoms. The molecule has 2 aliphatic rings. The predicted molar refractivity (Wildman–Crippen MR) is 116 cm³/mol. The molecular formula is C23H21ClF2N2O4S. The van der Waals surface area contributed by atoms with E-state index < -0.39 is 50.0 Å². The second-order valence-electron chi connectivity index (χ2n) is 8.53. The van der Waals surface area contributed by atoms with Gasteiger partial charge in [0.05, 0.1) is 27.8 Å². The molecule has 1 N–H and O–H groups in total. The summed E-state index contributed by atoms with van der Waals surface area (Å²) in [5.41, 5.74) is -0.892. The number of nitriles is 1. The number of carbonyl (C=O) groups is 1. The molecule has 0 aromatic heterocycles. The number of sulfone groups is 1. The van der Waals surface area contributed by atoms with E-state index in [-0.39, 0.29) is 29.4 Å². The second kappa shape index (κ2) is 8.92. The number of ether oxygens (including phenoxy) is 1. The Bertz CT molecular complexity index is 1210.